The number of carbonyl (C=O) groups excluding carboxylic acids is 1. The van der Waals surface area contributed by atoms with Crippen LogP contribution in [0.5, 0.6) is 0 Å². The molecule has 0 heterocycles. The van der Waals surface area contributed by atoms with E-state index in [4.69, 9.17) is 11.6 Å². The Morgan fingerprint density at radius 3 is 2.67 bits per heavy atom. The lowest BCUT2D eigenvalue weighted by molar-refractivity contribution is 0.101. The van der Waals surface area contributed by atoms with Crippen LogP contribution >= 0.6 is 50.1 Å². The van der Waals surface area contributed by atoms with Crippen molar-refractivity contribution in [2.75, 3.05) is 0 Å². The van der Waals surface area contributed by atoms with Gasteiger partial charge in [0.1, 0.15) is 0 Å². The maximum atomic E-state index is 11.1. The molecule has 0 aliphatic carbocycles. The summed E-state index contributed by atoms with van der Waals surface area (Å²) in [6.07, 6.45) is 0. The molecule has 0 radical (unpaired) electrons. The molecule has 0 bridgehead atoms. The highest BCUT2D eigenvalue weighted by Crippen LogP contribution is 2.27. The van der Waals surface area contributed by atoms with Gasteiger partial charge in [0.2, 0.25) is 0 Å². The highest BCUT2D eigenvalue weighted by Gasteiger charge is 2.08. The molecule has 64 valence electrons. The molecule has 0 unspecified atom stereocenters. The summed E-state index contributed by atoms with van der Waals surface area (Å²) in [5.74, 6) is 0.0359. The second kappa shape index (κ2) is 4.07. The molecular weight excluding hydrogens is 354 g/mol. The Morgan fingerprint density at radius 2 is 2.17 bits per heavy atom. The minimum absolute atomic E-state index is 0.0359. The van der Waals surface area contributed by atoms with Crippen LogP contribution in [0.15, 0.2) is 16.6 Å². The van der Waals surface area contributed by atoms with E-state index in [1.165, 1.54) is 6.92 Å². The number of halogens is 3. The van der Waals surface area contributed by atoms with E-state index in [1.807, 2.05) is 6.07 Å². The molecule has 0 amide bonds. The minimum Gasteiger partial charge on any atom is -0.294 e. The quantitative estimate of drug-likeness (QED) is 0.422. The van der Waals surface area contributed by atoms with Gasteiger partial charge in [0.05, 0.1) is 5.02 Å². The third-order valence-corrected chi connectivity index (χ3v) is 3.48. The molecular formula is C8H5BrClIO. The summed E-state index contributed by atoms with van der Waals surface area (Å²) in [6, 6.07) is 3.51. The van der Waals surface area contributed by atoms with Crippen molar-refractivity contribution in [2.24, 2.45) is 0 Å². The average Bonchev–Trinajstić information content (AvgIpc) is 1.96. The van der Waals surface area contributed by atoms with Crippen molar-refractivity contribution in [1.82, 2.24) is 0 Å². The molecule has 0 aliphatic heterocycles. The molecule has 0 spiro atoms. The van der Waals surface area contributed by atoms with Crippen molar-refractivity contribution < 1.29 is 4.79 Å². The first-order chi connectivity index (χ1) is 5.52. The highest BCUT2D eigenvalue weighted by atomic mass is 127. The van der Waals surface area contributed by atoms with Crippen LogP contribution in [-0.2, 0) is 0 Å². The van der Waals surface area contributed by atoms with Gasteiger partial charge >= 0.3 is 0 Å². The van der Waals surface area contributed by atoms with Crippen molar-refractivity contribution in [3.63, 3.8) is 0 Å². The second-order valence-corrected chi connectivity index (χ2v) is 4.73. The van der Waals surface area contributed by atoms with E-state index < -0.39 is 0 Å². The molecule has 0 fully saturated rings. The summed E-state index contributed by atoms with van der Waals surface area (Å²) in [6.45, 7) is 1.53. The van der Waals surface area contributed by atoms with E-state index >= 15 is 0 Å². The molecule has 1 aromatic carbocycles. The van der Waals surface area contributed by atoms with Crippen molar-refractivity contribution in [1.29, 1.82) is 0 Å². The van der Waals surface area contributed by atoms with Crippen LogP contribution in [0.4, 0.5) is 0 Å². The van der Waals surface area contributed by atoms with Crippen LogP contribution in [0.2, 0.25) is 5.02 Å². The number of hydrogen-bond acceptors (Lipinski definition) is 1. The first-order valence-electron chi connectivity index (χ1n) is 3.18. The first kappa shape index (κ1) is 10.5. The summed E-state index contributed by atoms with van der Waals surface area (Å²) in [5.41, 5.74) is 0.670. The number of benzene rings is 1. The molecule has 1 rings (SSSR count). The van der Waals surface area contributed by atoms with Gasteiger partial charge in [-0.2, -0.15) is 0 Å². The van der Waals surface area contributed by atoms with E-state index in [9.17, 15) is 4.79 Å². The van der Waals surface area contributed by atoms with Crippen molar-refractivity contribution in [3.05, 3.63) is 30.8 Å². The Morgan fingerprint density at radius 1 is 1.58 bits per heavy atom. The largest absolute Gasteiger partial charge is 0.294 e. The van der Waals surface area contributed by atoms with E-state index in [2.05, 4.69) is 38.5 Å². The predicted molar refractivity (Wildman–Crippen MR) is 61.9 cm³/mol. The Labute approximate surface area is 97.8 Å². The summed E-state index contributed by atoms with van der Waals surface area (Å²) in [4.78, 5) is 11.1. The molecule has 4 heteroatoms. The fourth-order valence-electron chi connectivity index (χ4n) is 0.792. The van der Waals surface area contributed by atoms with Gasteiger partial charge in [-0.3, -0.25) is 4.79 Å². The molecule has 1 nitrogen and oxygen atoms in total. The lowest BCUT2D eigenvalue weighted by atomic mass is 10.1. The zero-order valence-electron chi connectivity index (χ0n) is 6.20. The standard InChI is InChI=1S/C8H5BrClIO/c1-4(12)5-2-7(10)6(9)3-8(5)11/h2-3H,1H3. The predicted octanol–water partition coefficient (Wildman–Crippen LogP) is 3.91. The van der Waals surface area contributed by atoms with Crippen LogP contribution in [-0.4, -0.2) is 5.78 Å². The minimum atomic E-state index is 0.0359. The fraction of sp³-hybridized carbons (Fsp3) is 0.125. The molecule has 0 aliphatic rings. The summed E-state index contributed by atoms with van der Waals surface area (Å²) < 4.78 is 1.73. The number of rotatable bonds is 1. The molecule has 12 heavy (non-hydrogen) atoms. The van der Waals surface area contributed by atoms with E-state index in [1.54, 1.807) is 6.07 Å². The van der Waals surface area contributed by atoms with Crippen LogP contribution in [0.1, 0.15) is 17.3 Å². The van der Waals surface area contributed by atoms with Gasteiger partial charge in [-0.15, -0.1) is 0 Å². The van der Waals surface area contributed by atoms with Gasteiger partial charge in [0, 0.05) is 13.6 Å². The van der Waals surface area contributed by atoms with Gasteiger partial charge in [-0.25, -0.2) is 0 Å². The Balaban J connectivity index is 3.33. The van der Waals surface area contributed by atoms with Crippen LogP contribution < -0.4 is 0 Å². The lowest BCUT2D eigenvalue weighted by Crippen LogP contribution is -1.95. The lowest BCUT2D eigenvalue weighted by Gasteiger charge is -2.02. The summed E-state index contributed by atoms with van der Waals surface area (Å²) >= 11 is 11.2. The smallest absolute Gasteiger partial charge is 0.160 e. The van der Waals surface area contributed by atoms with Crippen LogP contribution in [0.3, 0.4) is 0 Å². The Hall–Kier alpha value is 0.390. The number of carbonyl (C=O) groups is 1. The molecule has 1 aromatic rings. The van der Waals surface area contributed by atoms with Gasteiger partial charge in [-0.1, -0.05) is 11.6 Å². The van der Waals surface area contributed by atoms with E-state index in [0.29, 0.717) is 10.6 Å². The fourth-order valence-corrected chi connectivity index (χ4v) is 2.57. The number of ketones is 1. The summed E-state index contributed by atoms with van der Waals surface area (Å²) in [7, 11) is 0. The van der Waals surface area contributed by atoms with Gasteiger partial charge in [0.15, 0.2) is 5.78 Å². The zero-order valence-corrected chi connectivity index (χ0v) is 10.7. The third-order valence-electron chi connectivity index (χ3n) is 1.39. The van der Waals surface area contributed by atoms with Crippen molar-refractivity contribution >= 4 is 55.9 Å². The molecule has 0 saturated carbocycles. The monoisotopic (exact) mass is 358 g/mol. The normalized spacial score (nSPS) is 10.0. The number of Topliss-reactive ketones (excluding diaryl/α,β-unsaturated/α-hetero) is 1. The van der Waals surface area contributed by atoms with E-state index in [-0.39, 0.29) is 5.78 Å². The van der Waals surface area contributed by atoms with Crippen molar-refractivity contribution in [3.8, 4) is 0 Å². The topological polar surface area (TPSA) is 17.1 Å². The molecule has 0 atom stereocenters. The Bertz CT molecular complexity index is 338. The maximum absolute atomic E-state index is 11.1. The van der Waals surface area contributed by atoms with E-state index in [0.717, 1.165) is 8.04 Å². The van der Waals surface area contributed by atoms with Crippen molar-refractivity contribution in [2.45, 2.75) is 6.92 Å². The zero-order chi connectivity index (χ0) is 9.30. The van der Waals surface area contributed by atoms with Gasteiger partial charge < -0.3 is 0 Å². The maximum Gasteiger partial charge on any atom is 0.160 e. The summed E-state index contributed by atoms with van der Waals surface area (Å²) in [5, 5.41) is 0.570. The second-order valence-electron chi connectivity index (χ2n) is 2.30. The first-order valence-corrected chi connectivity index (χ1v) is 5.43. The number of hydrogen-bond donors (Lipinski definition) is 0. The Kier molecular flexibility index (Phi) is 3.55. The SMILES string of the molecule is CC(=O)c1cc(Cl)c(Br)cc1I. The molecule has 0 N–H and O–H groups in total. The van der Waals surface area contributed by atoms with Gasteiger partial charge in [0.25, 0.3) is 0 Å². The average molecular weight is 359 g/mol. The van der Waals surface area contributed by atoms with Crippen LogP contribution in [0.25, 0.3) is 0 Å². The highest BCUT2D eigenvalue weighted by molar-refractivity contribution is 14.1. The molecule has 0 aromatic heterocycles. The third kappa shape index (κ3) is 2.20. The molecule has 0 saturated heterocycles. The van der Waals surface area contributed by atoms with Gasteiger partial charge in [-0.05, 0) is 57.6 Å². The van der Waals surface area contributed by atoms with Crippen LogP contribution in [0, 0.1) is 3.57 Å².